The topological polar surface area (TPSA) is 65.8 Å². The lowest BCUT2D eigenvalue weighted by atomic mass is 10.1. The van der Waals surface area contributed by atoms with Crippen LogP contribution in [-0.2, 0) is 11.3 Å². The molecule has 31 heavy (non-hydrogen) atoms. The maximum Gasteiger partial charge on any atom is 0.352 e. The van der Waals surface area contributed by atoms with E-state index in [0.29, 0.717) is 26.2 Å². The number of hydrogen-bond donors (Lipinski definition) is 1. The van der Waals surface area contributed by atoms with Gasteiger partial charge < -0.3 is 19.5 Å². The van der Waals surface area contributed by atoms with Crippen LogP contribution in [0, 0.1) is 20.8 Å². The average Bonchev–Trinajstić information content (AvgIpc) is 3.07. The van der Waals surface area contributed by atoms with Crippen LogP contribution >= 0.6 is 11.6 Å². The molecule has 1 aliphatic rings. The highest BCUT2D eigenvalue weighted by atomic mass is 35.5. The highest BCUT2D eigenvalue weighted by Gasteiger charge is 2.25. The first-order valence-electron chi connectivity index (χ1n) is 10.4. The van der Waals surface area contributed by atoms with E-state index < -0.39 is 5.97 Å². The second-order valence-corrected chi connectivity index (χ2v) is 8.62. The SMILES string of the molecule is Cc1cc(C)c2c(c1)cc(C(=O)O)n2CC(=O)N1CCN(c2c(C)cccc2Cl)CC1. The largest absolute Gasteiger partial charge is 0.477 e. The Hall–Kier alpha value is -2.99. The van der Waals surface area contributed by atoms with Gasteiger partial charge in [0.1, 0.15) is 12.2 Å². The van der Waals surface area contributed by atoms with E-state index in [1.165, 1.54) is 0 Å². The summed E-state index contributed by atoms with van der Waals surface area (Å²) >= 11 is 6.40. The predicted molar refractivity (Wildman–Crippen MR) is 123 cm³/mol. The number of aromatic carboxylic acids is 1. The van der Waals surface area contributed by atoms with Crippen molar-refractivity contribution < 1.29 is 14.7 Å². The first kappa shape index (κ1) is 21.2. The molecule has 0 atom stereocenters. The molecule has 1 aromatic heterocycles. The fourth-order valence-electron chi connectivity index (χ4n) is 4.60. The number of anilines is 1. The molecule has 2 aromatic carbocycles. The lowest BCUT2D eigenvalue weighted by Crippen LogP contribution is -2.50. The maximum absolute atomic E-state index is 13.1. The van der Waals surface area contributed by atoms with Crippen LogP contribution in [0.2, 0.25) is 5.02 Å². The molecule has 162 valence electrons. The molecule has 1 N–H and O–H groups in total. The van der Waals surface area contributed by atoms with Crippen LogP contribution in [0.3, 0.4) is 0 Å². The molecule has 1 aliphatic heterocycles. The average molecular weight is 440 g/mol. The van der Waals surface area contributed by atoms with Crippen LogP contribution in [0.1, 0.15) is 27.2 Å². The van der Waals surface area contributed by atoms with E-state index in [0.717, 1.165) is 38.3 Å². The molecule has 1 fully saturated rings. The van der Waals surface area contributed by atoms with Crippen molar-refractivity contribution in [1.29, 1.82) is 0 Å². The second kappa shape index (κ2) is 8.27. The number of carbonyl (C=O) groups excluding carboxylic acids is 1. The maximum atomic E-state index is 13.1. The van der Waals surface area contributed by atoms with Crippen molar-refractivity contribution in [2.75, 3.05) is 31.1 Å². The number of rotatable bonds is 4. The molecule has 1 amide bonds. The van der Waals surface area contributed by atoms with Crippen molar-refractivity contribution >= 4 is 40.1 Å². The van der Waals surface area contributed by atoms with Crippen LogP contribution in [-0.4, -0.2) is 52.6 Å². The zero-order valence-corrected chi connectivity index (χ0v) is 18.7. The van der Waals surface area contributed by atoms with Crippen LogP contribution in [0.4, 0.5) is 5.69 Å². The summed E-state index contributed by atoms with van der Waals surface area (Å²) in [6, 6.07) is 11.5. The minimum absolute atomic E-state index is 0.0140. The Labute approximate surface area is 186 Å². The number of nitrogens with zero attached hydrogens (tertiary/aromatic N) is 3. The molecule has 0 saturated carbocycles. The third kappa shape index (κ3) is 4.00. The Morgan fingerprint density at radius 3 is 2.35 bits per heavy atom. The first-order chi connectivity index (χ1) is 14.8. The second-order valence-electron chi connectivity index (χ2n) is 8.21. The van der Waals surface area contributed by atoms with Gasteiger partial charge in [0.2, 0.25) is 5.91 Å². The van der Waals surface area contributed by atoms with Crippen molar-refractivity contribution in [2.45, 2.75) is 27.3 Å². The van der Waals surface area contributed by atoms with Gasteiger partial charge >= 0.3 is 5.97 Å². The molecular weight excluding hydrogens is 414 g/mol. The molecule has 0 bridgehead atoms. The number of hydrogen-bond acceptors (Lipinski definition) is 3. The molecule has 4 rings (SSSR count). The highest BCUT2D eigenvalue weighted by Crippen LogP contribution is 2.30. The van der Waals surface area contributed by atoms with E-state index in [1.807, 2.05) is 56.0 Å². The van der Waals surface area contributed by atoms with Gasteiger partial charge in [0.25, 0.3) is 0 Å². The smallest absolute Gasteiger partial charge is 0.352 e. The predicted octanol–water partition coefficient (Wildman–Crippen LogP) is 4.27. The zero-order chi connectivity index (χ0) is 22.3. The Morgan fingerprint density at radius 1 is 1.00 bits per heavy atom. The lowest BCUT2D eigenvalue weighted by Gasteiger charge is -2.37. The van der Waals surface area contributed by atoms with Crippen molar-refractivity contribution in [2.24, 2.45) is 0 Å². The van der Waals surface area contributed by atoms with Crippen LogP contribution < -0.4 is 4.90 Å². The van der Waals surface area contributed by atoms with Gasteiger partial charge in [0.05, 0.1) is 16.2 Å². The summed E-state index contributed by atoms with van der Waals surface area (Å²) < 4.78 is 1.64. The van der Waals surface area contributed by atoms with Gasteiger partial charge in [-0.05, 0) is 50.1 Å². The van der Waals surface area contributed by atoms with Gasteiger partial charge in [-0.15, -0.1) is 0 Å². The minimum Gasteiger partial charge on any atom is -0.477 e. The number of aryl methyl sites for hydroxylation is 3. The van der Waals surface area contributed by atoms with E-state index in [1.54, 1.807) is 10.6 Å². The lowest BCUT2D eigenvalue weighted by molar-refractivity contribution is -0.132. The number of benzene rings is 2. The number of carboxylic acids is 1. The van der Waals surface area contributed by atoms with Crippen molar-refractivity contribution in [3.05, 3.63) is 63.8 Å². The van der Waals surface area contributed by atoms with E-state index in [4.69, 9.17) is 11.6 Å². The summed E-state index contributed by atoms with van der Waals surface area (Å²) in [7, 11) is 0. The molecule has 7 heteroatoms. The highest BCUT2D eigenvalue weighted by molar-refractivity contribution is 6.33. The summed E-state index contributed by atoms with van der Waals surface area (Å²) in [6.45, 7) is 8.50. The Bertz CT molecular complexity index is 1160. The van der Waals surface area contributed by atoms with Crippen molar-refractivity contribution in [3.63, 3.8) is 0 Å². The zero-order valence-electron chi connectivity index (χ0n) is 18.0. The summed E-state index contributed by atoms with van der Waals surface area (Å²) in [6.07, 6.45) is 0. The van der Waals surface area contributed by atoms with Gasteiger partial charge in [-0.2, -0.15) is 0 Å². The summed E-state index contributed by atoms with van der Waals surface area (Å²) in [5.74, 6) is -1.10. The minimum atomic E-state index is -1.03. The van der Waals surface area contributed by atoms with Crippen molar-refractivity contribution in [1.82, 2.24) is 9.47 Å². The molecule has 1 saturated heterocycles. The first-order valence-corrected chi connectivity index (χ1v) is 10.8. The number of amides is 1. The number of para-hydroxylation sites is 1. The Balaban J connectivity index is 1.54. The molecule has 0 aliphatic carbocycles. The molecule has 6 nitrogen and oxygen atoms in total. The Morgan fingerprint density at radius 2 is 1.71 bits per heavy atom. The molecule has 0 spiro atoms. The molecule has 0 unspecified atom stereocenters. The number of fused-ring (bicyclic) bond motifs is 1. The number of carboxylic acid groups (broad SMARTS) is 1. The van der Waals surface area contributed by atoms with Crippen molar-refractivity contribution in [3.8, 4) is 0 Å². The number of halogens is 1. The number of carbonyl (C=O) groups is 2. The normalized spacial score (nSPS) is 14.3. The Kier molecular flexibility index (Phi) is 5.67. The van der Waals surface area contributed by atoms with E-state index >= 15 is 0 Å². The molecule has 2 heterocycles. The third-order valence-corrected chi connectivity index (χ3v) is 6.28. The summed E-state index contributed by atoms with van der Waals surface area (Å²) in [5, 5.41) is 11.3. The van der Waals surface area contributed by atoms with E-state index in [-0.39, 0.29) is 18.1 Å². The summed E-state index contributed by atoms with van der Waals surface area (Å²) in [4.78, 5) is 29.0. The van der Waals surface area contributed by atoms with Crippen LogP contribution in [0.15, 0.2) is 36.4 Å². The van der Waals surface area contributed by atoms with Gasteiger partial charge in [0.15, 0.2) is 0 Å². The van der Waals surface area contributed by atoms with Gasteiger partial charge in [-0.1, -0.05) is 35.4 Å². The van der Waals surface area contributed by atoms with E-state index in [9.17, 15) is 14.7 Å². The van der Waals surface area contributed by atoms with Crippen LogP contribution in [0.5, 0.6) is 0 Å². The number of aromatic nitrogens is 1. The standard InChI is InChI=1S/C24H26ClN3O3/c1-15-11-17(3)22-18(12-15)13-20(24(30)31)28(22)14-21(29)26-7-9-27(10-8-26)23-16(2)5-4-6-19(23)25/h4-6,11-13H,7-10,14H2,1-3H3,(H,30,31). The molecule has 3 aromatic rings. The van der Waals surface area contributed by atoms with Crippen LogP contribution in [0.25, 0.3) is 10.9 Å². The van der Waals surface area contributed by atoms with Gasteiger partial charge in [0, 0.05) is 31.6 Å². The quantitative estimate of drug-likeness (QED) is 0.659. The molecule has 0 radical (unpaired) electrons. The summed E-state index contributed by atoms with van der Waals surface area (Å²) in [5.41, 5.74) is 5.12. The third-order valence-electron chi connectivity index (χ3n) is 5.98. The fraction of sp³-hybridized carbons (Fsp3) is 0.333. The number of piperazine rings is 1. The molecular formula is C24H26ClN3O3. The van der Waals surface area contributed by atoms with E-state index in [2.05, 4.69) is 4.90 Å². The monoisotopic (exact) mass is 439 g/mol. The fourth-order valence-corrected chi connectivity index (χ4v) is 4.94. The van der Waals surface area contributed by atoms with Gasteiger partial charge in [-0.3, -0.25) is 4.79 Å². The van der Waals surface area contributed by atoms with Gasteiger partial charge in [-0.25, -0.2) is 4.79 Å².